The number of benzene rings is 2. The molecule has 7 heteroatoms. The minimum absolute atomic E-state index is 0.0102. The average molecular weight is 403 g/mol. The number of imidazole rings is 1. The zero-order valence-corrected chi connectivity index (χ0v) is 16.8. The van der Waals surface area contributed by atoms with E-state index in [-0.39, 0.29) is 11.5 Å². The highest BCUT2D eigenvalue weighted by molar-refractivity contribution is 5.77. The van der Waals surface area contributed by atoms with E-state index in [0.717, 1.165) is 41.6 Å². The molecule has 0 aliphatic heterocycles. The number of H-pyrrole nitrogens is 1. The van der Waals surface area contributed by atoms with Gasteiger partial charge in [-0.05, 0) is 37.1 Å². The third-order valence-electron chi connectivity index (χ3n) is 5.16. The summed E-state index contributed by atoms with van der Waals surface area (Å²) >= 11 is 0. The lowest BCUT2D eigenvalue weighted by atomic mass is 10.2. The standard InChI is InChI=1S/C23H25N5O2/c29-22(24-14-13-21-26-19-10-5-6-11-20(19)27-21)12-2-1-7-15-28-16-25-18-9-4-3-8-17(18)23(28)30/h3-6,8-11,16H,1-2,7,12-15H2,(H,24,29)(H,26,27). The zero-order chi connectivity index (χ0) is 20.8. The number of hydrogen-bond acceptors (Lipinski definition) is 4. The molecule has 0 radical (unpaired) electrons. The van der Waals surface area contributed by atoms with Crippen LogP contribution in [0, 0.1) is 0 Å². The summed E-state index contributed by atoms with van der Waals surface area (Å²) in [5.74, 6) is 0.932. The van der Waals surface area contributed by atoms with Crippen LogP contribution in [-0.2, 0) is 17.8 Å². The van der Waals surface area contributed by atoms with Crippen LogP contribution in [0.1, 0.15) is 31.5 Å². The number of hydrogen-bond donors (Lipinski definition) is 2. The number of aromatic nitrogens is 4. The first-order valence-electron chi connectivity index (χ1n) is 10.4. The van der Waals surface area contributed by atoms with Crippen LogP contribution in [0.15, 0.2) is 59.7 Å². The lowest BCUT2D eigenvalue weighted by molar-refractivity contribution is -0.121. The molecule has 30 heavy (non-hydrogen) atoms. The van der Waals surface area contributed by atoms with Crippen LogP contribution in [0.5, 0.6) is 0 Å². The molecule has 0 fully saturated rings. The van der Waals surface area contributed by atoms with Crippen LogP contribution in [0.25, 0.3) is 21.9 Å². The van der Waals surface area contributed by atoms with Gasteiger partial charge in [-0.1, -0.05) is 30.7 Å². The summed E-state index contributed by atoms with van der Waals surface area (Å²) in [7, 11) is 0. The lowest BCUT2D eigenvalue weighted by Crippen LogP contribution is -2.25. The number of aryl methyl sites for hydroxylation is 1. The second-order valence-electron chi connectivity index (χ2n) is 7.37. The van der Waals surface area contributed by atoms with E-state index in [1.807, 2.05) is 42.5 Å². The Morgan fingerprint density at radius 3 is 2.67 bits per heavy atom. The summed E-state index contributed by atoms with van der Waals surface area (Å²) < 4.78 is 1.65. The highest BCUT2D eigenvalue weighted by Crippen LogP contribution is 2.10. The Morgan fingerprint density at radius 2 is 1.80 bits per heavy atom. The maximum absolute atomic E-state index is 12.4. The molecule has 0 aliphatic rings. The number of rotatable bonds is 9. The van der Waals surface area contributed by atoms with Crippen LogP contribution in [-0.4, -0.2) is 32.0 Å². The van der Waals surface area contributed by atoms with Crippen LogP contribution in [0.2, 0.25) is 0 Å². The molecule has 154 valence electrons. The van der Waals surface area contributed by atoms with E-state index in [2.05, 4.69) is 20.3 Å². The van der Waals surface area contributed by atoms with E-state index in [9.17, 15) is 9.59 Å². The van der Waals surface area contributed by atoms with Crippen LogP contribution >= 0.6 is 0 Å². The second kappa shape index (κ2) is 9.35. The molecule has 2 heterocycles. The molecule has 0 atom stereocenters. The van der Waals surface area contributed by atoms with Gasteiger partial charge in [-0.15, -0.1) is 0 Å². The molecule has 0 aliphatic carbocycles. The fourth-order valence-electron chi connectivity index (χ4n) is 3.54. The van der Waals surface area contributed by atoms with E-state index < -0.39 is 0 Å². The molecule has 7 nitrogen and oxygen atoms in total. The van der Waals surface area contributed by atoms with Gasteiger partial charge in [0, 0.05) is 25.9 Å². The van der Waals surface area contributed by atoms with Crippen molar-refractivity contribution >= 4 is 27.8 Å². The molecule has 1 amide bonds. The van der Waals surface area contributed by atoms with Gasteiger partial charge in [-0.2, -0.15) is 0 Å². The van der Waals surface area contributed by atoms with Crippen LogP contribution < -0.4 is 10.9 Å². The molecule has 0 unspecified atom stereocenters. The predicted octanol–water partition coefficient (Wildman–Crippen LogP) is 3.19. The van der Waals surface area contributed by atoms with Gasteiger partial charge in [-0.25, -0.2) is 9.97 Å². The van der Waals surface area contributed by atoms with Crippen molar-refractivity contribution in [3.63, 3.8) is 0 Å². The first kappa shape index (κ1) is 19.8. The molecule has 0 saturated carbocycles. The van der Waals surface area contributed by atoms with Crippen molar-refractivity contribution in [1.29, 1.82) is 0 Å². The number of nitrogens with zero attached hydrogens (tertiary/aromatic N) is 3. The van der Waals surface area contributed by atoms with Crippen molar-refractivity contribution in [3.05, 3.63) is 71.0 Å². The lowest BCUT2D eigenvalue weighted by Gasteiger charge is -2.07. The summed E-state index contributed by atoms with van der Waals surface area (Å²) in [6, 6.07) is 15.3. The number of carbonyl (C=O) groups is 1. The number of fused-ring (bicyclic) bond motifs is 2. The maximum atomic E-state index is 12.4. The van der Waals surface area contributed by atoms with Crippen molar-refractivity contribution in [2.45, 2.75) is 38.6 Å². The molecule has 4 aromatic rings. The Labute approximate surface area is 174 Å². The summed E-state index contributed by atoms with van der Waals surface area (Å²) in [5.41, 5.74) is 2.67. The van der Waals surface area contributed by atoms with E-state index in [1.165, 1.54) is 0 Å². The third-order valence-corrected chi connectivity index (χ3v) is 5.16. The number of aromatic amines is 1. The van der Waals surface area contributed by atoms with Gasteiger partial charge < -0.3 is 10.3 Å². The Kier molecular flexibility index (Phi) is 6.17. The van der Waals surface area contributed by atoms with Gasteiger partial charge in [0.05, 0.1) is 28.3 Å². The number of carbonyl (C=O) groups excluding carboxylic acids is 1. The minimum atomic E-state index is -0.0102. The molecule has 0 bridgehead atoms. The normalized spacial score (nSPS) is 11.2. The van der Waals surface area contributed by atoms with Crippen LogP contribution in [0.3, 0.4) is 0 Å². The van der Waals surface area contributed by atoms with E-state index in [4.69, 9.17) is 0 Å². The van der Waals surface area contributed by atoms with Gasteiger partial charge in [0.25, 0.3) is 5.56 Å². The van der Waals surface area contributed by atoms with Gasteiger partial charge in [0.2, 0.25) is 5.91 Å². The van der Waals surface area contributed by atoms with Crippen molar-refractivity contribution in [2.24, 2.45) is 0 Å². The van der Waals surface area contributed by atoms with Crippen molar-refractivity contribution in [3.8, 4) is 0 Å². The van der Waals surface area contributed by atoms with Crippen LogP contribution in [0.4, 0.5) is 0 Å². The molecule has 0 spiro atoms. The molecule has 2 N–H and O–H groups in total. The molecular weight excluding hydrogens is 378 g/mol. The number of unbranched alkanes of at least 4 members (excludes halogenated alkanes) is 2. The van der Waals surface area contributed by atoms with E-state index in [0.29, 0.717) is 31.3 Å². The smallest absolute Gasteiger partial charge is 0.261 e. The fourth-order valence-corrected chi connectivity index (χ4v) is 3.54. The highest BCUT2D eigenvalue weighted by atomic mass is 16.1. The maximum Gasteiger partial charge on any atom is 0.261 e. The Balaban J connectivity index is 1.15. The monoisotopic (exact) mass is 403 g/mol. The van der Waals surface area contributed by atoms with Gasteiger partial charge >= 0.3 is 0 Å². The molecule has 4 rings (SSSR count). The van der Waals surface area contributed by atoms with E-state index >= 15 is 0 Å². The zero-order valence-electron chi connectivity index (χ0n) is 16.8. The molecule has 0 saturated heterocycles. The van der Waals surface area contributed by atoms with E-state index in [1.54, 1.807) is 17.0 Å². The largest absolute Gasteiger partial charge is 0.356 e. The predicted molar refractivity (Wildman–Crippen MR) is 117 cm³/mol. The minimum Gasteiger partial charge on any atom is -0.356 e. The topological polar surface area (TPSA) is 92.7 Å². The summed E-state index contributed by atoms with van der Waals surface area (Å²) in [4.78, 5) is 36.6. The number of nitrogens with one attached hydrogen (secondary N) is 2. The van der Waals surface area contributed by atoms with Crippen molar-refractivity contribution in [2.75, 3.05) is 6.54 Å². The molecular formula is C23H25N5O2. The summed E-state index contributed by atoms with van der Waals surface area (Å²) in [6.07, 6.45) is 5.30. The molecule has 2 aromatic heterocycles. The average Bonchev–Trinajstić information content (AvgIpc) is 3.18. The number of para-hydroxylation sites is 3. The van der Waals surface area contributed by atoms with Crippen molar-refractivity contribution < 1.29 is 4.79 Å². The quantitative estimate of drug-likeness (QED) is 0.420. The SMILES string of the molecule is O=C(CCCCCn1cnc2ccccc2c1=O)NCCc1nc2ccccc2[nH]1. The Morgan fingerprint density at radius 1 is 1.00 bits per heavy atom. The number of amides is 1. The summed E-state index contributed by atoms with van der Waals surface area (Å²) in [6.45, 7) is 1.18. The Hall–Kier alpha value is -3.48. The van der Waals surface area contributed by atoms with Crippen molar-refractivity contribution in [1.82, 2.24) is 24.8 Å². The van der Waals surface area contributed by atoms with Gasteiger partial charge in [-0.3, -0.25) is 14.2 Å². The fraction of sp³-hybridized carbons (Fsp3) is 0.304. The second-order valence-corrected chi connectivity index (χ2v) is 7.37. The Bertz CT molecular complexity index is 1180. The van der Waals surface area contributed by atoms with Gasteiger partial charge in [0.15, 0.2) is 0 Å². The third kappa shape index (κ3) is 4.74. The van der Waals surface area contributed by atoms with Gasteiger partial charge in [0.1, 0.15) is 5.82 Å². The summed E-state index contributed by atoms with van der Waals surface area (Å²) in [5, 5.41) is 3.59. The highest BCUT2D eigenvalue weighted by Gasteiger charge is 2.06. The first-order chi connectivity index (χ1) is 14.7. The first-order valence-corrected chi connectivity index (χ1v) is 10.4. The molecule has 2 aromatic carbocycles.